The summed E-state index contributed by atoms with van der Waals surface area (Å²) in [6, 6.07) is 24.3. The Morgan fingerprint density at radius 1 is 0.536 bits per heavy atom. The van der Waals surface area contributed by atoms with Crippen LogP contribution in [0, 0.1) is 13.8 Å². The zero-order valence-electron chi connectivity index (χ0n) is 15.5. The molecular weight excluding hydrogens is 384 g/mol. The van der Waals surface area contributed by atoms with E-state index >= 15 is 0 Å². The Balaban J connectivity index is 1.57. The van der Waals surface area contributed by atoms with E-state index in [0.29, 0.717) is 10.3 Å². The van der Waals surface area contributed by atoms with Crippen LogP contribution < -0.4 is 0 Å². The van der Waals surface area contributed by atoms with Gasteiger partial charge < -0.3 is 0 Å². The normalized spacial score (nSPS) is 10.8. The van der Waals surface area contributed by atoms with Gasteiger partial charge in [0.1, 0.15) is 0 Å². The molecule has 138 valence electrons. The van der Waals surface area contributed by atoms with Gasteiger partial charge in [-0.05, 0) is 47.6 Å². The van der Waals surface area contributed by atoms with Crippen molar-refractivity contribution < 1.29 is 0 Å². The van der Waals surface area contributed by atoms with Gasteiger partial charge in [-0.25, -0.2) is 19.9 Å². The molecule has 4 rings (SSSR count). The first-order chi connectivity index (χ1) is 13.7. The lowest BCUT2D eigenvalue weighted by Gasteiger charge is -2.07. The molecule has 0 unspecified atom stereocenters. The van der Waals surface area contributed by atoms with Gasteiger partial charge in [0.15, 0.2) is 10.3 Å². The third-order valence-electron chi connectivity index (χ3n) is 4.00. The maximum atomic E-state index is 4.70. The van der Waals surface area contributed by atoms with Gasteiger partial charge in [-0.3, -0.25) is 0 Å². The SMILES string of the molecule is Cc1cc(-c2ccccc2)nc(SSc2nc(C)cc(-c3ccccc3)n2)n1. The van der Waals surface area contributed by atoms with Crippen molar-refractivity contribution >= 4 is 21.6 Å². The van der Waals surface area contributed by atoms with E-state index in [2.05, 4.69) is 34.2 Å². The molecule has 0 radical (unpaired) electrons. The zero-order valence-corrected chi connectivity index (χ0v) is 17.2. The number of aryl methyl sites for hydroxylation is 2. The van der Waals surface area contributed by atoms with Crippen LogP contribution >= 0.6 is 21.6 Å². The lowest BCUT2D eigenvalue weighted by Crippen LogP contribution is -1.94. The van der Waals surface area contributed by atoms with Crippen LogP contribution in [0.25, 0.3) is 22.5 Å². The minimum Gasteiger partial charge on any atom is -0.227 e. The summed E-state index contributed by atoms with van der Waals surface area (Å²) in [5.74, 6) is 0. The summed E-state index contributed by atoms with van der Waals surface area (Å²) >= 11 is 0. The number of nitrogens with zero attached hydrogens (tertiary/aromatic N) is 4. The Morgan fingerprint density at radius 3 is 1.32 bits per heavy atom. The largest absolute Gasteiger partial charge is 0.227 e. The van der Waals surface area contributed by atoms with Crippen molar-refractivity contribution in [2.75, 3.05) is 0 Å². The van der Waals surface area contributed by atoms with E-state index in [1.807, 2.05) is 62.4 Å². The average Bonchev–Trinajstić information content (AvgIpc) is 2.73. The first kappa shape index (κ1) is 18.7. The van der Waals surface area contributed by atoms with Crippen LogP contribution in [-0.4, -0.2) is 19.9 Å². The molecule has 0 atom stereocenters. The summed E-state index contributed by atoms with van der Waals surface area (Å²) in [5.41, 5.74) is 5.88. The second-order valence-corrected chi connectivity index (χ2v) is 8.32. The second-order valence-electron chi connectivity index (χ2n) is 6.25. The molecule has 0 bridgehead atoms. The number of hydrogen-bond acceptors (Lipinski definition) is 6. The number of benzene rings is 2. The van der Waals surface area contributed by atoms with E-state index in [4.69, 9.17) is 9.97 Å². The molecule has 0 aliphatic heterocycles. The van der Waals surface area contributed by atoms with Crippen LogP contribution in [0.4, 0.5) is 0 Å². The maximum absolute atomic E-state index is 4.70. The van der Waals surface area contributed by atoms with Crippen LogP contribution in [-0.2, 0) is 0 Å². The fraction of sp³-hybridized carbons (Fsp3) is 0.0909. The highest BCUT2D eigenvalue weighted by Gasteiger charge is 2.10. The number of hydrogen-bond donors (Lipinski definition) is 0. The van der Waals surface area contributed by atoms with Crippen molar-refractivity contribution in [3.8, 4) is 22.5 Å². The summed E-state index contributed by atoms with van der Waals surface area (Å²) in [4.78, 5) is 18.5. The lowest BCUT2D eigenvalue weighted by molar-refractivity contribution is 0.937. The van der Waals surface area contributed by atoms with Crippen molar-refractivity contribution in [1.82, 2.24) is 19.9 Å². The summed E-state index contributed by atoms with van der Waals surface area (Å²) in [7, 11) is 2.96. The van der Waals surface area contributed by atoms with Gasteiger partial charge in [-0.2, -0.15) is 0 Å². The van der Waals surface area contributed by atoms with Crippen molar-refractivity contribution in [1.29, 1.82) is 0 Å². The topological polar surface area (TPSA) is 51.6 Å². The summed E-state index contributed by atoms with van der Waals surface area (Å²) < 4.78 is 0. The fourth-order valence-electron chi connectivity index (χ4n) is 2.75. The first-order valence-electron chi connectivity index (χ1n) is 8.84. The number of aromatic nitrogens is 4. The maximum Gasteiger partial charge on any atom is 0.199 e. The average molecular weight is 403 g/mol. The molecule has 4 nitrogen and oxygen atoms in total. The van der Waals surface area contributed by atoms with Crippen molar-refractivity contribution in [3.05, 3.63) is 84.2 Å². The van der Waals surface area contributed by atoms with Gasteiger partial charge in [-0.1, -0.05) is 60.7 Å². The van der Waals surface area contributed by atoms with E-state index < -0.39 is 0 Å². The molecule has 2 aromatic heterocycles. The van der Waals surface area contributed by atoms with Crippen LogP contribution in [0.3, 0.4) is 0 Å². The molecule has 28 heavy (non-hydrogen) atoms. The second kappa shape index (κ2) is 8.54. The Hall–Kier alpha value is -2.70. The third kappa shape index (κ3) is 4.58. The van der Waals surface area contributed by atoms with Crippen molar-refractivity contribution in [2.45, 2.75) is 24.2 Å². The third-order valence-corrected chi connectivity index (χ3v) is 5.89. The van der Waals surface area contributed by atoms with Gasteiger partial charge in [0.25, 0.3) is 0 Å². The molecule has 0 amide bonds. The summed E-state index contributed by atoms with van der Waals surface area (Å²) in [5, 5.41) is 1.41. The van der Waals surface area contributed by atoms with Crippen LogP contribution in [0.5, 0.6) is 0 Å². The van der Waals surface area contributed by atoms with E-state index in [0.717, 1.165) is 33.9 Å². The molecule has 0 saturated heterocycles. The Bertz CT molecular complexity index is 997. The minimum atomic E-state index is 0.704. The van der Waals surface area contributed by atoms with Gasteiger partial charge in [0.2, 0.25) is 0 Å². The van der Waals surface area contributed by atoms with E-state index in [9.17, 15) is 0 Å². The molecule has 2 aromatic carbocycles. The first-order valence-corrected chi connectivity index (χ1v) is 11.0. The monoisotopic (exact) mass is 402 g/mol. The molecule has 0 aliphatic rings. The summed E-state index contributed by atoms with van der Waals surface area (Å²) in [6.07, 6.45) is 0. The van der Waals surface area contributed by atoms with Gasteiger partial charge in [0.05, 0.1) is 11.4 Å². The highest BCUT2D eigenvalue weighted by Crippen LogP contribution is 2.35. The molecule has 0 spiro atoms. The number of rotatable bonds is 5. The molecule has 6 heteroatoms. The molecule has 0 fully saturated rings. The molecule has 0 saturated carbocycles. The highest BCUT2D eigenvalue weighted by molar-refractivity contribution is 8.76. The fourth-order valence-corrected chi connectivity index (χ4v) is 4.42. The predicted octanol–water partition coefficient (Wildman–Crippen LogP) is 6.02. The molecule has 0 aliphatic carbocycles. The Morgan fingerprint density at radius 2 is 0.929 bits per heavy atom. The molecule has 4 aromatic rings. The van der Waals surface area contributed by atoms with E-state index in [-0.39, 0.29) is 0 Å². The molecule has 2 heterocycles. The minimum absolute atomic E-state index is 0.704. The van der Waals surface area contributed by atoms with Crippen molar-refractivity contribution in [2.24, 2.45) is 0 Å². The van der Waals surface area contributed by atoms with Crippen LogP contribution in [0.1, 0.15) is 11.4 Å². The van der Waals surface area contributed by atoms with Crippen molar-refractivity contribution in [3.63, 3.8) is 0 Å². The van der Waals surface area contributed by atoms with Gasteiger partial charge in [0, 0.05) is 22.5 Å². The molecular formula is C22H18N4S2. The Labute approximate surface area is 172 Å². The van der Waals surface area contributed by atoms with Crippen LogP contribution in [0.15, 0.2) is 83.1 Å². The predicted molar refractivity (Wildman–Crippen MR) is 116 cm³/mol. The smallest absolute Gasteiger partial charge is 0.199 e. The zero-order chi connectivity index (χ0) is 19.3. The van der Waals surface area contributed by atoms with Crippen LogP contribution in [0.2, 0.25) is 0 Å². The molecule has 0 N–H and O–H groups in total. The van der Waals surface area contributed by atoms with E-state index in [1.165, 1.54) is 21.6 Å². The lowest BCUT2D eigenvalue weighted by atomic mass is 10.1. The van der Waals surface area contributed by atoms with E-state index in [1.54, 1.807) is 0 Å². The quantitative estimate of drug-likeness (QED) is 0.301. The van der Waals surface area contributed by atoms with Gasteiger partial charge in [-0.15, -0.1) is 0 Å². The van der Waals surface area contributed by atoms with Gasteiger partial charge >= 0.3 is 0 Å². The summed E-state index contributed by atoms with van der Waals surface area (Å²) in [6.45, 7) is 3.97. The highest BCUT2D eigenvalue weighted by atomic mass is 33.1. The standard InChI is InChI=1S/C22H18N4S2/c1-15-13-19(17-9-5-3-6-10-17)25-21(23-15)27-28-22-24-16(2)14-20(26-22)18-11-7-4-8-12-18/h3-14H,1-2H3. The Kier molecular flexibility index (Phi) is 5.69.